The Kier molecular flexibility index (Phi) is 6.68. The lowest BCUT2D eigenvalue weighted by molar-refractivity contribution is 0.0695. The number of nitrogens with one attached hydrogen (secondary N) is 3. The number of hydrogen-bond acceptors (Lipinski definition) is 8. The maximum absolute atomic E-state index is 16.4. The van der Waals surface area contributed by atoms with E-state index in [9.17, 15) is 19.1 Å². The van der Waals surface area contributed by atoms with E-state index in [1.807, 2.05) is 0 Å². The van der Waals surface area contributed by atoms with E-state index >= 15 is 4.39 Å². The van der Waals surface area contributed by atoms with Gasteiger partial charge in [-0.25, -0.2) is 28.2 Å². The SMILES string of the molecule is C=C(F)/C=C(/NC)c1[nH]c2ncc(-c3cnc4c(c3)c(=O)c(C(=O)O)cn4NC)c(N3CC[C@@H]4[C@H]3CCN4C)c2c1F. The molecule has 42 heavy (non-hydrogen) atoms. The molecular weight excluding hydrogens is 546 g/mol. The van der Waals surface area contributed by atoms with Crippen LogP contribution in [0.4, 0.5) is 14.5 Å². The molecule has 0 unspecified atom stereocenters. The Labute approximate surface area is 239 Å². The average molecular weight is 577 g/mol. The maximum Gasteiger partial charge on any atom is 0.341 e. The topological polar surface area (TPSA) is 131 Å². The normalized spacial score (nSPS) is 19.1. The van der Waals surface area contributed by atoms with E-state index in [1.54, 1.807) is 32.6 Å². The number of H-pyrrole nitrogens is 1. The van der Waals surface area contributed by atoms with Gasteiger partial charge in [-0.2, -0.15) is 0 Å². The van der Waals surface area contributed by atoms with Gasteiger partial charge in [0, 0.05) is 69.0 Å². The number of aromatic carboxylic acids is 1. The first-order chi connectivity index (χ1) is 20.1. The van der Waals surface area contributed by atoms with Gasteiger partial charge in [0.2, 0.25) is 5.43 Å². The number of pyridine rings is 3. The van der Waals surface area contributed by atoms with Crippen LogP contribution in [0.15, 0.2) is 47.9 Å². The lowest BCUT2D eigenvalue weighted by Gasteiger charge is -2.29. The van der Waals surface area contributed by atoms with Crippen molar-refractivity contribution in [2.45, 2.75) is 24.9 Å². The van der Waals surface area contributed by atoms with Crippen LogP contribution in [0.2, 0.25) is 0 Å². The zero-order chi connectivity index (χ0) is 29.9. The van der Waals surface area contributed by atoms with E-state index in [-0.39, 0.29) is 39.5 Å². The minimum atomic E-state index is -1.36. The Bertz CT molecular complexity index is 1860. The second-order valence-corrected chi connectivity index (χ2v) is 10.6. The van der Waals surface area contributed by atoms with Crippen LogP contribution in [0.25, 0.3) is 38.9 Å². The van der Waals surface area contributed by atoms with Crippen molar-refractivity contribution in [2.75, 3.05) is 44.6 Å². The maximum atomic E-state index is 16.4. The Hall–Kier alpha value is -4.78. The van der Waals surface area contributed by atoms with Gasteiger partial charge >= 0.3 is 5.97 Å². The molecular formula is C29H30F2N8O3. The molecule has 2 aliphatic heterocycles. The molecule has 0 bridgehead atoms. The van der Waals surface area contributed by atoms with E-state index in [0.717, 1.165) is 25.5 Å². The molecule has 2 aliphatic rings. The molecule has 4 aromatic heterocycles. The van der Waals surface area contributed by atoms with Gasteiger partial charge in [0.05, 0.1) is 22.2 Å². The summed E-state index contributed by atoms with van der Waals surface area (Å²) in [6.45, 7) is 4.84. The summed E-state index contributed by atoms with van der Waals surface area (Å²) in [5.74, 6) is -2.71. The van der Waals surface area contributed by atoms with E-state index in [2.05, 4.69) is 49.1 Å². The van der Waals surface area contributed by atoms with Crippen LogP contribution in [0.1, 0.15) is 28.9 Å². The highest BCUT2D eigenvalue weighted by Crippen LogP contribution is 2.44. The van der Waals surface area contributed by atoms with Crippen LogP contribution in [0.3, 0.4) is 0 Å². The van der Waals surface area contributed by atoms with Crippen molar-refractivity contribution in [3.05, 3.63) is 70.4 Å². The highest BCUT2D eigenvalue weighted by Gasteiger charge is 2.42. The lowest BCUT2D eigenvalue weighted by atomic mass is 10.0. The average Bonchev–Trinajstić information content (AvgIpc) is 3.66. The van der Waals surface area contributed by atoms with Crippen LogP contribution in [-0.2, 0) is 0 Å². The number of allylic oxidation sites excluding steroid dienone is 2. The summed E-state index contributed by atoms with van der Waals surface area (Å²) in [5.41, 5.74) is 4.07. The number of aromatic amines is 1. The highest BCUT2D eigenvalue weighted by molar-refractivity contribution is 6.02. The molecule has 0 aromatic carbocycles. The van der Waals surface area contributed by atoms with Gasteiger partial charge in [-0.15, -0.1) is 0 Å². The van der Waals surface area contributed by atoms with Crippen molar-refractivity contribution < 1.29 is 18.7 Å². The molecule has 6 heterocycles. The quantitative estimate of drug-likeness (QED) is 0.245. The Morgan fingerprint density at radius 3 is 2.67 bits per heavy atom. The lowest BCUT2D eigenvalue weighted by Crippen LogP contribution is -2.35. The summed E-state index contributed by atoms with van der Waals surface area (Å²) in [5, 5.41) is 12.8. The van der Waals surface area contributed by atoms with E-state index in [4.69, 9.17) is 0 Å². The Balaban J connectivity index is 1.64. The van der Waals surface area contributed by atoms with Gasteiger partial charge in [0.1, 0.15) is 22.7 Å². The summed E-state index contributed by atoms with van der Waals surface area (Å²) < 4.78 is 31.5. The van der Waals surface area contributed by atoms with Gasteiger partial charge in [-0.1, -0.05) is 6.58 Å². The zero-order valence-electron chi connectivity index (χ0n) is 23.3. The first kappa shape index (κ1) is 27.4. The number of likely N-dealkylation sites (tertiary alicyclic amines) is 1. The third kappa shape index (κ3) is 4.19. The van der Waals surface area contributed by atoms with E-state index < -0.39 is 28.6 Å². The van der Waals surface area contributed by atoms with Crippen molar-refractivity contribution >= 4 is 39.4 Å². The molecule has 2 saturated heterocycles. The standard InChI is InChI=1S/C29H30F2N8O3/c1-14(30)9-19(32-2)24-23(31)22-25(38-8-6-20-21(38)5-7-37(20)4)17(12-34-27(22)36-24)15-10-16-26(40)18(29(41)42)13-39(33-3)28(16)35-11-15/h9-13,20-21,32-33H,1,5-8H2,2-4H3,(H,34,36)(H,41,42)/b19-9+/t20-,21-/m1/s1. The molecule has 218 valence electrons. The minimum Gasteiger partial charge on any atom is -0.477 e. The molecule has 0 amide bonds. The number of anilines is 1. The number of nitrogens with zero attached hydrogens (tertiary/aromatic N) is 5. The zero-order valence-corrected chi connectivity index (χ0v) is 23.3. The highest BCUT2D eigenvalue weighted by atomic mass is 19.1. The van der Waals surface area contributed by atoms with Crippen molar-refractivity contribution in [3.8, 4) is 11.1 Å². The van der Waals surface area contributed by atoms with E-state index in [0.29, 0.717) is 29.4 Å². The van der Waals surface area contributed by atoms with E-state index in [1.165, 1.54) is 10.9 Å². The molecule has 0 spiro atoms. The Morgan fingerprint density at radius 1 is 1.21 bits per heavy atom. The third-order valence-electron chi connectivity index (χ3n) is 8.34. The van der Waals surface area contributed by atoms with Gasteiger partial charge in [-0.3, -0.25) is 4.79 Å². The summed E-state index contributed by atoms with van der Waals surface area (Å²) in [4.78, 5) is 41.5. The number of carbonyl (C=O) groups is 1. The summed E-state index contributed by atoms with van der Waals surface area (Å²) >= 11 is 0. The molecule has 0 radical (unpaired) electrons. The van der Waals surface area contributed by atoms with Crippen LogP contribution in [0.5, 0.6) is 0 Å². The largest absolute Gasteiger partial charge is 0.477 e. The molecule has 0 aliphatic carbocycles. The second-order valence-electron chi connectivity index (χ2n) is 10.6. The molecule has 2 fully saturated rings. The molecule has 4 aromatic rings. The molecule has 6 rings (SSSR count). The van der Waals surface area contributed by atoms with Gasteiger partial charge in [0.15, 0.2) is 11.5 Å². The van der Waals surface area contributed by atoms with Gasteiger partial charge in [0.25, 0.3) is 0 Å². The summed E-state index contributed by atoms with van der Waals surface area (Å²) in [6.07, 6.45) is 7.23. The van der Waals surface area contributed by atoms with Crippen molar-refractivity contribution in [1.29, 1.82) is 0 Å². The van der Waals surface area contributed by atoms with Crippen molar-refractivity contribution in [3.63, 3.8) is 0 Å². The second kappa shape index (κ2) is 10.2. The van der Waals surface area contributed by atoms with Crippen LogP contribution in [-0.4, -0.2) is 81.9 Å². The minimum absolute atomic E-state index is 0.0381. The summed E-state index contributed by atoms with van der Waals surface area (Å²) in [7, 11) is 5.23. The number of fused-ring (bicyclic) bond motifs is 3. The van der Waals surface area contributed by atoms with Gasteiger partial charge in [-0.05, 0) is 32.0 Å². The number of aromatic nitrogens is 4. The predicted octanol–water partition coefficient (Wildman–Crippen LogP) is 3.28. The van der Waals surface area contributed by atoms with Crippen LogP contribution >= 0.6 is 0 Å². The number of rotatable bonds is 7. The molecule has 0 saturated carbocycles. The van der Waals surface area contributed by atoms with Crippen LogP contribution < -0.4 is 21.1 Å². The number of carboxylic acid groups (broad SMARTS) is 1. The smallest absolute Gasteiger partial charge is 0.341 e. The predicted molar refractivity (Wildman–Crippen MR) is 157 cm³/mol. The number of hydrogen-bond donors (Lipinski definition) is 4. The Morgan fingerprint density at radius 2 is 1.98 bits per heavy atom. The monoisotopic (exact) mass is 576 g/mol. The third-order valence-corrected chi connectivity index (χ3v) is 8.34. The fourth-order valence-corrected chi connectivity index (χ4v) is 6.38. The molecule has 2 atom stereocenters. The molecule has 11 nitrogen and oxygen atoms in total. The number of carboxylic acids is 1. The number of halogens is 2. The van der Waals surface area contributed by atoms with Crippen molar-refractivity contribution in [1.82, 2.24) is 29.8 Å². The molecule has 13 heteroatoms. The van der Waals surface area contributed by atoms with Crippen molar-refractivity contribution in [2.24, 2.45) is 0 Å². The molecule has 4 N–H and O–H groups in total. The fourth-order valence-electron chi connectivity index (χ4n) is 6.38. The summed E-state index contributed by atoms with van der Waals surface area (Å²) in [6, 6.07) is 1.99. The van der Waals surface area contributed by atoms with Crippen LogP contribution in [0, 0.1) is 5.82 Å². The first-order valence-electron chi connectivity index (χ1n) is 13.5. The number of likely N-dealkylation sites (N-methyl/N-ethyl adjacent to an activating group) is 1. The first-order valence-corrected chi connectivity index (χ1v) is 13.5. The van der Waals surface area contributed by atoms with Gasteiger partial charge < -0.3 is 30.6 Å². The fraction of sp³-hybridized carbons (Fsp3) is 0.310.